The Hall–Kier alpha value is -1.56. The fourth-order valence-electron chi connectivity index (χ4n) is 3.06. The van der Waals surface area contributed by atoms with Gasteiger partial charge in [0.25, 0.3) is 0 Å². The standard InChI is InChI=1S/C17H30N4O2/c1-17(2,3)23-16(22)19-11-14-7-5-6-8-15(14)18-9-13-10-20-21(4)12-13/h10,12,14-15,18H,5-9,11H2,1-4H3,(H,19,22). The molecular weight excluding hydrogens is 292 g/mol. The molecule has 1 amide bonds. The van der Waals surface area contributed by atoms with Gasteiger partial charge in [-0.15, -0.1) is 0 Å². The lowest BCUT2D eigenvalue weighted by molar-refractivity contribution is 0.0510. The van der Waals surface area contributed by atoms with Crippen molar-refractivity contribution in [2.45, 2.75) is 64.6 Å². The van der Waals surface area contributed by atoms with Crippen LogP contribution < -0.4 is 10.6 Å². The minimum absolute atomic E-state index is 0.325. The highest BCUT2D eigenvalue weighted by atomic mass is 16.6. The lowest BCUT2D eigenvalue weighted by Gasteiger charge is -2.32. The Kier molecular flexibility index (Phi) is 6.04. The van der Waals surface area contributed by atoms with Crippen LogP contribution >= 0.6 is 0 Å². The van der Waals surface area contributed by atoms with Gasteiger partial charge in [0.15, 0.2) is 0 Å². The van der Waals surface area contributed by atoms with E-state index in [2.05, 4.69) is 15.7 Å². The molecule has 6 heteroatoms. The number of aromatic nitrogens is 2. The Balaban J connectivity index is 1.79. The zero-order valence-corrected chi connectivity index (χ0v) is 14.8. The maximum absolute atomic E-state index is 11.8. The number of rotatable bonds is 5. The summed E-state index contributed by atoms with van der Waals surface area (Å²) in [4.78, 5) is 11.8. The minimum Gasteiger partial charge on any atom is -0.444 e. The van der Waals surface area contributed by atoms with E-state index in [9.17, 15) is 4.79 Å². The van der Waals surface area contributed by atoms with Crippen LogP contribution in [-0.4, -0.2) is 34.1 Å². The van der Waals surface area contributed by atoms with Gasteiger partial charge < -0.3 is 15.4 Å². The topological polar surface area (TPSA) is 68.2 Å². The first kappa shape index (κ1) is 17.8. The first-order chi connectivity index (χ1) is 10.8. The third kappa shape index (κ3) is 6.22. The molecule has 0 aliphatic heterocycles. The molecule has 1 saturated carbocycles. The first-order valence-corrected chi connectivity index (χ1v) is 8.51. The highest BCUT2D eigenvalue weighted by Gasteiger charge is 2.26. The second-order valence-electron chi connectivity index (χ2n) is 7.44. The summed E-state index contributed by atoms with van der Waals surface area (Å²) in [5, 5.41) is 10.7. The van der Waals surface area contributed by atoms with Gasteiger partial charge in [-0.3, -0.25) is 4.68 Å². The second kappa shape index (κ2) is 7.81. The third-order valence-electron chi connectivity index (χ3n) is 4.14. The lowest BCUT2D eigenvalue weighted by atomic mass is 9.84. The number of aryl methyl sites for hydroxylation is 1. The van der Waals surface area contributed by atoms with Gasteiger partial charge in [-0.05, 0) is 39.5 Å². The van der Waals surface area contributed by atoms with Gasteiger partial charge in [0.1, 0.15) is 5.60 Å². The second-order valence-corrected chi connectivity index (χ2v) is 7.44. The number of hydrogen-bond acceptors (Lipinski definition) is 4. The maximum Gasteiger partial charge on any atom is 0.407 e. The van der Waals surface area contributed by atoms with Crippen molar-refractivity contribution in [1.29, 1.82) is 0 Å². The summed E-state index contributed by atoms with van der Waals surface area (Å²) >= 11 is 0. The molecule has 0 saturated heterocycles. The quantitative estimate of drug-likeness (QED) is 0.874. The van der Waals surface area contributed by atoms with Gasteiger partial charge in [0, 0.05) is 37.9 Å². The molecule has 23 heavy (non-hydrogen) atoms. The van der Waals surface area contributed by atoms with Crippen molar-refractivity contribution in [3.05, 3.63) is 18.0 Å². The van der Waals surface area contributed by atoms with E-state index >= 15 is 0 Å². The SMILES string of the molecule is Cn1cc(CNC2CCCCC2CNC(=O)OC(C)(C)C)cn1. The molecule has 0 spiro atoms. The number of ether oxygens (including phenoxy) is 1. The third-order valence-corrected chi connectivity index (χ3v) is 4.14. The summed E-state index contributed by atoms with van der Waals surface area (Å²) < 4.78 is 7.13. The van der Waals surface area contributed by atoms with E-state index in [4.69, 9.17) is 4.74 Å². The largest absolute Gasteiger partial charge is 0.444 e. The molecule has 0 aromatic carbocycles. The predicted octanol–water partition coefficient (Wildman–Crippen LogP) is 2.59. The van der Waals surface area contributed by atoms with Crippen molar-refractivity contribution >= 4 is 6.09 Å². The molecule has 130 valence electrons. The zero-order chi connectivity index (χ0) is 16.9. The molecule has 1 aromatic rings. The van der Waals surface area contributed by atoms with E-state index in [-0.39, 0.29) is 6.09 Å². The van der Waals surface area contributed by atoms with Crippen LogP contribution in [0.3, 0.4) is 0 Å². The van der Waals surface area contributed by atoms with Crippen LogP contribution in [0.15, 0.2) is 12.4 Å². The number of carbonyl (C=O) groups excluding carboxylic acids is 1. The Morgan fingerprint density at radius 1 is 1.39 bits per heavy atom. The highest BCUT2D eigenvalue weighted by Crippen LogP contribution is 2.24. The Bertz CT molecular complexity index is 507. The van der Waals surface area contributed by atoms with Gasteiger partial charge in [-0.1, -0.05) is 12.8 Å². The van der Waals surface area contributed by atoms with Gasteiger partial charge >= 0.3 is 6.09 Å². The van der Waals surface area contributed by atoms with E-state index < -0.39 is 5.60 Å². The Labute approximate surface area is 139 Å². The van der Waals surface area contributed by atoms with Crippen molar-refractivity contribution in [2.24, 2.45) is 13.0 Å². The molecular formula is C17H30N4O2. The summed E-state index contributed by atoms with van der Waals surface area (Å²) in [5.74, 6) is 0.452. The van der Waals surface area contributed by atoms with E-state index in [1.165, 1.54) is 18.4 Å². The van der Waals surface area contributed by atoms with Crippen LogP contribution in [0.5, 0.6) is 0 Å². The molecule has 1 aliphatic rings. The minimum atomic E-state index is -0.450. The average Bonchev–Trinajstić information content (AvgIpc) is 2.87. The summed E-state index contributed by atoms with van der Waals surface area (Å²) in [6, 6.07) is 0.430. The summed E-state index contributed by atoms with van der Waals surface area (Å²) in [6.45, 7) is 7.13. The van der Waals surface area contributed by atoms with Gasteiger partial charge in [-0.25, -0.2) is 4.79 Å². The summed E-state index contributed by atoms with van der Waals surface area (Å²) in [7, 11) is 1.93. The fraction of sp³-hybridized carbons (Fsp3) is 0.765. The molecule has 0 radical (unpaired) electrons. The Morgan fingerprint density at radius 2 is 2.13 bits per heavy atom. The summed E-state index contributed by atoms with van der Waals surface area (Å²) in [6.07, 6.45) is 8.36. The first-order valence-electron chi connectivity index (χ1n) is 8.51. The molecule has 1 aromatic heterocycles. The highest BCUT2D eigenvalue weighted by molar-refractivity contribution is 5.67. The van der Waals surface area contributed by atoms with Crippen LogP contribution in [0, 0.1) is 5.92 Å². The predicted molar refractivity (Wildman–Crippen MR) is 90.0 cm³/mol. The van der Waals surface area contributed by atoms with E-state index in [1.807, 2.05) is 44.9 Å². The zero-order valence-electron chi connectivity index (χ0n) is 14.8. The van der Waals surface area contributed by atoms with Crippen molar-refractivity contribution in [2.75, 3.05) is 6.54 Å². The van der Waals surface area contributed by atoms with Crippen molar-refractivity contribution < 1.29 is 9.53 Å². The number of hydrogen-bond donors (Lipinski definition) is 2. The molecule has 0 bridgehead atoms. The van der Waals surface area contributed by atoms with Crippen LogP contribution in [0.25, 0.3) is 0 Å². The molecule has 2 rings (SSSR count). The number of nitrogens with zero attached hydrogens (tertiary/aromatic N) is 2. The van der Waals surface area contributed by atoms with Crippen LogP contribution in [0.1, 0.15) is 52.0 Å². The molecule has 2 atom stereocenters. The molecule has 6 nitrogen and oxygen atoms in total. The van der Waals surface area contributed by atoms with Crippen molar-refractivity contribution in [3.8, 4) is 0 Å². The number of amides is 1. The average molecular weight is 322 g/mol. The fourth-order valence-corrected chi connectivity index (χ4v) is 3.06. The van der Waals surface area contributed by atoms with Crippen LogP contribution in [-0.2, 0) is 18.3 Å². The monoisotopic (exact) mass is 322 g/mol. The number of alkyl carbamates (subject to hydrolysis) is 1. The van der Waals surface area contributed by atoms with Gasteiger partial charge in [-0.2, -0.15) is 5.10 Å². The Morgan fingerprint density at radius 3 is 2.78 bits per heavy atom. The molecule has 1 aliphatic carbocycles. The van der Waals surface area contributed by atoms with E-state index in [0.717, 1.165) is 19.4 Å². The molecule has 2 N–H and O–H groups in total. The van der Waals surface area contributed by atoms with E-state index in [1.54, 1.807) is 0 Å². The van der Waals surface area contributed by atoms with E-state index in [0.29, 0.717) is 18.5 Å². The number of carbonyl (C=O) groups is 1. The van der Waals surface area contributed by atoms with Crippen molar-refractivity contribution in [1.82, 2.24) is 20.4 Å². The smallest absolute Gasteiger partial charge is 0.407 e. The van der Waals surface area contributed by atoms with Gasteiger partial charge in [0.2, 0.25) is 0 Å². The van der Waals surface area contributed by atoms with Crippen LogP contribution in [0.4, 0.5) is 4.79 Å². The number of nitrogens with one attached hydrogen (secondary N) is 2. The molecule has 1 fully saturated rings. The molecule has 2 unspecified atom stereocenters. The molecule has 1 heterocycles. The van der Waals surface area contributed by atoms with Crippen molar-refractivity contribution in [3.63, 3.8) is 0 Å². The van der Waals surface area contributed by atoms with Gasteiger partial charge in [0.05, 0.1) is 6.20 Å². The summed E-state index contributed by atoms with van der Waals surface area (Å²) in [5.41, 5.74) is 0.742. The maximum atomic E-state index is 11.8. The lowest BCUT2D eigenvalue weighted by Crippen LogP contribution is -2.44. The normalized spacial score (nSPS) is 21.9. The van der Waals surface area contributed by atoms with Crippen LogP contribution in [0.2, 0.25) is 0 Å².